The molecule has 0 bridgehead atoms. The Balaban J connectivity index is 0.753. The lowest BCUT2D eigenvalue weighted by molar-refractivity contribution is -0.133. The van der Waals surface area contributed by atoms with Gasteiger partial charge in [-0.2, -0.15) is 10.1 Å². The molecule has 2 aliphatic heterocycles. The van der Waals surface area contributed by atoms with Gasteiger partial charge in [-0.05, 0) is 92.9 Å². The number of rotatable bonds is 14. The van der Waals surface area contributed by atoms with Crippen LogP contribution in [0.2, 0.25) is 5.02 Å². The molecule has 2 fully saturated rings. The maximum atomic E-state index is 13.5. The van der Waals surface area contributed by atoms with Gasteiger partial charge in [-0.3, -0.25) is 9.69 Å². The molecule has 3 aromatic carbocycles. The highest BCUT2D eigenvalue weighted by Crippen LogP contribution is 2.39. The van der Waals surface area contributed by atoms with E-state index in [9.17, 15) is 14.7 Å². The van der Waals surface area contributed by atoms with Gasteiger partial charge in [-0.25, -0.2) is 19.4 Å². The molecule has 2 saturated heterocycles. The summed E-state index contributed by atoms with van der Waals surface area (Å²) in [5.74, 6) is 2.26. The molecule has 4 aromatic heterocycles. The summed E-state index contributed by atoms with van der Waals surface area (Å²) in [6, 6.07) is 24.8. The first-order valence-electron chi connectivity index (χ1n) is 21.4. The van der Waals surface area contributed by atoms with Crippen LogP contribution in [0.4, 0.5) is 11.6 Å². The summed E-state index contributed by atoms with van der Waals surface area (Å²) in [6.45, 7) is 5.74. The Morgan fingerprint density at radius 2 is 1.71 bits per heavy atom. The van der Waals surface area contributed by atoms with Crippen molar-refractivity contribution in [3.05, 3.63) is 102 Å². The molecule has 0 radical (unpaired) electrons. The van der Waals surface area contributed by atoms with E-state index in [2.05, 4.69) is 24.8 Å². The van der Waals surface area contributed by atoms with E-state index in [-0.39, 0.29) is 17.5 Å². The number of H-pyrrole nitrogens is 1. The number of aromatic amines is 1. The first-order valence-corrected chi connectivity index (χ1v) is 21.8. The molecule has 16 heteroatoms. The lowest BCUT2D eigenvalue weighted by Gasteiger charge is -2.35. The first-order chi connectivity index (χ1) is 30.7. The van der Waals surface area contributed by atoms with Crippen LogP contribution in [0, 0.1) is 0 Å². The molecule has 0 unspecified atom stereocenters. The van der Waals surface area contributed by atoms with Crippen molar-refractivity contribution in [3.8, 4) is 39.8 Å². The number of para-hydroxylation sites is 1. The SMILES string of the molecule is COc1nc(N2CCN(CCCCCC(=O)N3CCC[C@@H](n4nc(-c5ccc(Oc6ccccc6)cc5)c5c(N)ncnc54)C3)CC2)ccc1-c1cc2c(C(=O)O)c[nH]c2cc1Cl. The number of likely N-dealkylation sites (tertiary alicyclic amines) is 1. The Morgan fingerprint density at radius 3 is 2.49 bits per heavy atom. The fraction of sp³-hybridized carbons (Fsp3) is 0.319. The van der Waals surface area contributed by atoms with Gasteiger partial charge in [0.05, 0.1) is 29.1 Å². The average molecular weight is 869 g/mol. The Morgan fingerprint density at radius 1 is 0.921 bits per heavy atom. The van der Waals surface area contributed by atoms with Crippen LogP contribution >= 0.6 is 11.6 Å². The summed E-state index contributed by atoms with van der Waals surface area (Å²) >= 11 is 6.66. The van der Waals surface area contributed by atoms with Crippen LogP contribution < -0.4 is 20.1 Å². The minimum atomic E-state index is -1.01. The summed E-state index contributed by atoms with van der Waals surface area (Å²) in [7, 11) is 1.57. The van der Waals surface area contributed by atoms with E-state index in [0.29, 0.717) is 74.2 Å². The number of nitrogens with one attached hydrogen (secondary N) is 1. The molecule has 9 rings (SSSR count). The van der Waals surface area contributed by atoms with Crippen LogP contribution in [0.25, 0.3) is 44.3 Å². The number of hydrogen-bond acceptors (Lipinski definition) is 11. The fourth-order valence-electron chi connectivity index (χ4n) is 8.78. The average Bonchev–Trinajstić information content (AvgIpc) is 3.92. The van der Waals surface area contributed by atoms with Crippen molar-refractivity contribution in [2.75, 3.05) is 63.6 Å². The third-order valence-electron chi connectivity index (χ3n) is 12.1. The van der Waals surface area contributed by atoms with Crippen molar-refractivity contribution in [1.82, 2.24) is 39.5 Å². The summed E-state index contributed by atoms with van der Waals surface area (Å²) in [5, 5.41) is 16.4. The third-order valence-corrected chi connectivity index (χ3v) is 12.4. The van der Waals surface area contributed by atoms with E-state index < -0.39 is 5.97 Å². The third kappa shape index (κ3) is 8.84. The van der Waals surface area contributed by atoms with Gasteiger partial charge in [0.15, 0.2) is 5.65 Å². The number of benzene rings is 3. The lowest BCUT2D eigenvalue weighted by Crippen LogP contribution is -2.46. The number of nitrogens with zero attached hydrogens (tertiary/aromatic N) is 8. The van der Waals surface area contributed by atoms with Crippen molar-refractivity contribution in [2.45, 2.75) is 44.6 Å². The topological polar surface area (TPSA) is 181 Å². The first kappa shape index (κ1) is 41.6. The highest BCUT2D eigenvalue weighted by atomic mass is 35.5. The Bertz CT molecular complexity index is 2750. The molecule has 1 atom stereocenters. The van der Waals surface area contributed by atoms with Gasteiger partial charge in [0.2, 0.25) is 11.8 Å². The highest BCUT2D eigenvalue weighted by molar-refractivity contribution is 6.34. The zero-order valence-corrected chi connectivity index (χ0v) is 35.8. The summed E-state index contributed by atoms with van der Waals surface area (Å²) in [4.78, 5) is 48.7. The molecular formula is C47H49ClN10O5. The predicted octanol–water partition coefficient (Wildman–Crippen LogP) is 8.32. The molecule has 2 aliphatic rings. The van der Waals surface area contributed by atoms with E-state index >= 15 is 0 Å². The van der Waals surface area contributed by atoms with Gasteiger partial charge >= 0.3 is 5.97 Å². The van der Waals surface area contributed by atoms with Crippen LogP contribution in [0.3, 0.4) is 0 Å². The number of aromatic nitrogens is 6. The number of amides is 1. The second kappa shape index (κ2) is 18.3. The summed E-state index contributed by atoms with van der Waals surface area (Å²) in [5.41, 5.74) is 10.9. The number of anilines is 2. The van der Waals surface area contributed by atoms with Crippen molar-refractivity contribution < 1.29 is 24.2 Å². The van der Waals surface area contributed by atoms with Gasteiger partial charge in [-0.15, -0.1) is 0 Å². The number of pyridine rings is 1. The minimum Gasteiger partial charge on any atom is -0.480 e. The van der Waals surface area contributed by atoms with Crippen LogP contribution in [-0.2, 0) is 4.79 Å². The maximum Gasteiger partial charge on any atom is 0.337 e. The number of piperazine rings is 1. The number of carboxylic acids is 1. The molecule has 63 heavy (non-hydrogen) atoms. The molecule has 6 heterocycles. The zero-order chi connectivity index (χ0) is 43.5. The van der Waals surface area contributed by atoms with Crippen LogP contribution in [-0.4, -0.2) is 109 Å². The van der Waals surface area contributed by atoms with Crippen molar-refractivity contribution in [3.63, 3.8) is 0 Å². The summed E-state index contributed by atoms with van der Waals surface area (Å²) < 4.78 is 13.7. The Kier molecular flexibility index (Phi) is 12.1. The van der Waals surface area contributed by atoms with Gasteiger partial charge in [-0.1, -0.05) is 36.2 Å². The van der Waals surface area contributed by atoms with Gasteiger partial charge in [0.25, 0.3) is 0 Å². The molecule has 7 aromatic rings. The molecule has 15 nitrogen and oxygen atoms in total. The molecule has 0 spiro atoms. The van der Waals surface area contributed by atoms with Crippen molar-refractivity contribution >= 4 is 57.0 Å². The molecule has 324 valence electrons. The van der Waals surface area contributed by atoms with Gasteiger partial charge in [0, 0.05) is 79.5 Å². The Labute approximate surface area is 369 Å². The van der Waals surface area contributed by atoms with Crippen molar-refractivity contribution in [2.24, 2.45) is 0 Å². The summed E-state index contributed by atoms with van der Waals surface area (Å²) in [6.07, 6.45) is 8.07. The molecular weight excluding hydrogens is 820 g/mol. The number of carbonyl (C=O) groups is 2. The second-order valence-electron chi connectivity index (χ2n) is 16.1. The van der Waals surface area contributed by atoms with Crippen LogP contribution in [0.5, 0.6) is 17.4 Å². The number of carboxylic acid groups (broad SMARTS) is 1. The minimum absolute atomic E-state index is 0.0332. The monoisotopic (exact) mass is 868 g/mol. The quantitative estimate of drug-likeness (QED) is 0.0891. The number of halogens is 1. The normalized spacial score (nSPS) is 15.9. The predicted molar refractivity (Wildman–Crippen MR) is 244 cm³/mol. The number of aromatic carboxylic acids is 1. The number of carbonyl (C=O) groups excluding carboxylic acids is 1. The number of ether oxygens (including phenoxy) is 2. The lowest BCUT2D eigenvalue weighted by atomic mass is 10.0. The second-order valence-corrected chi connectivity index (χ2v) is 16.5. The number of nitrogen functional groups attached to an aromatic ring is 1. The van der Waals surface area contributed by atoms with E-state index in [1.165, 1.54) is 12.5 Å². The molecule has 4 N–H and O–H groups in total. The highest BCUT2D eigenvalue weighted by Gasteiger charge is 2.29. The molecule has 0 saturated carbocycles. The largest absolute Gasteiger partial charge is 0.480 e. The van der Waals surface area contributed by atoms with E-state index in [0.717, 1.165) is 88.5 Å². The van der Waals surface area contributed by atoms with Gasteiger partial charge in [0.1, 0.15) is 35.2 Å². The van der Waals surface area contributed by atoms with Crippen molar-refractivity contribution in [1.29, 1.82) is 0 Å². The van der Waals surface area contributed by atoms with E-state index in [4.69, 9.17) is 36.9 Å². The standard InChI is InChI=1S/C47H49ClN10O5/c1-62-46-34(35-25-36-37(47(60)61)27-50-39(36)26-38(35)48)17-18-40(53-46)56-23-21-55(22-24-56)19-7-3-6-12-41(59)57-20-8-9-31(28-57)58-45-42(44(49)51-29-52-45)43(54-58)30-13-15-33(16-14-30)63-32-10-4-2-5-11-32/h2,4-5,10-11,13-18,25-27,29,31,50H,3,6-9,12,19-24,28H2,1H3,(H,60,61)(H2,49,51,52)/t31-/m1/s1. The van der Waals surface area contributed by atoms with E-state index in [1.54, 1.807) is 19.2 Å². The van der Waals surface area contributed by atoms with E-state index in [1.807, 2.05) is 76.3 Å². The number of piperidine rings is 1. The number of hydrogen-bond donors (Lipinski definition) is 3. The van der Waals surface area contributed by atoms with Gasteiger partial charge < -0.3 is 35.1 Å². The zero-order valence-electron chi connectivity index (χ0n) is 35.0. The number of fused-ring (bicyclic) bond motifs is 2. The Hall–Kier alpha value is -6.71. The van der Waals surface area contributed by atoms with Crippen LogP contribution in [0.1, 0.15) is 54.9 Å². The van der Waals surface area contributed by atoms with Crippen LogP contribution in [0.15, 0.2) is 91.4 Å². The fourth-order valence-corrected chi connectivity index (χ4v) is 9.04. The molecule has 0 aliphatic carbocycles. The maximum absolute atomic E-state index is 13.5. The smallest absolute Gasteiger partial charge is 0.337 e. The molecule has 1 amide bonds. The number of methoxy groups -OCH3 is 1. The number of nitrogens with two attached hydrogens (primary N) is 1. The number of unbranched alkanes of at least 4 members (excludes halogenated alkanes) is 2.